The quantitative estimate of drug-likeness (QED) is 0.731. The average molecular weight is 299 g/mol. The molecule has 0 saturated carbocycles. The minimum absolute atomic E-state index is 0.0314. The summed E-state index contributed by atoms with van der Waals surface area (Å²) >= 11 is 0. The molecule has 2 fully saturated rings. The van der Waals surface area contributed by atoms with Crippen LogP contribution in [0.2, 0.25) is 0 Å². The fourth-order valence-electron chi connectivity index (χ4n) is 3.24. The topological polar surface area (TPSA) is 56.8 Å². The van der Waals surface area contributed by atoms with E-state index < -0.39 is 0 Å². The maximum absolute atomic E-state index is 11.4. The first-order valence-corrected chi connectivity index (χ1v) is 8.34. The molecule has 2 rings (SSSR count). The molecule has 2 aliphatic heterocycles. The van der Waals surface area contributed by atoms with Crippen LogP contribution < -0.4 is 5.32 Å². The highest BCUT2D eigenvalue weighted by atomic mass is 16.7. The van der Waals surface area contributed by atoms with E-state index in [-0.39, 0.29) is 12.3 Å². The molecule has 1 N–H and O–H groups in total. The summed E-state index contributed by atoms with van der Waals surface area (Å²) in [6.07, 6.45) is 5.76. The number of ether oxygens (including phenoxy) is 3. The Morgan fingerprint density at radius 3 is 2.76 bits per heavy atom. The van der Waals surface area contributed by atoms with Crippen LogP contribution in [0.5, 0.6) is 0 Å². The second kappa shape index (κ2) is 8.71. The maximum atomic E-state index is 11.4. The molecule has 0 radical (unpaired) electrons. The largest absolute Gasteiger partial charge is 0.466 e. The molecule has 1 unspecified atom stereocenters. The van der Waals surface area contributed by atoms with Crippen molar-refractivity contribution in [2.75, 3.05) is 19.8 Å². The van der Waals surface area contributed by atoms with Crippen molar-refractivity contribution in [3.63, 3.8) is 0 Å². The van der Waals surface area contributed by atoms with Crippen LogP contribution in [0.1, 0.15) is 52.4 Å². The van der Waals surface area contributed by atoms with Gasteiger partial charge < -0.3 is 19.5 Å². The molecule has 0 aliphatic carbocycles. The summed E-state index contributed by atoms with van der Waals surface area (Å²) in [5.41, 5.74) is 0. The summed E-state index contributed by atoms with van der Waals surface area (Å²) in [6.45, 7) is 6.05. The second-order valence-corrected chi connectivity index (χ2v) is 6.13. The molecule has 2 heterocycles. The molecule has 0 aromatic carbocycles. The van der Waals surface area contributed by atoms with E-state index in [9.17, 15) is 4.79 Å². The van der Waals surface area contributed by atoms with Gasteiger partial charge in [0.05, 0.1) is 19.8 Å². The molecular weight excluding hydrogens is 270 g/mol. The minimum atomic E-state index is -0.0785. The predicted molar refractivity (Wildman–Crippen MR) is 79.9 cm³/mol. The standard InChI is InChI=1S/C16H29NO4/c1-3-19-15(18)6-4-5-14-12(2)7-8-13(17-14)11-16-20-9-10-21-16/h12-14,16-17H,3-11H2,1-2H3/t12?,13-,14-/m0/s1. The lowest BCUT2D eigenvalue weighted by molar-refractivity contribution is -0.143. The zero-order valence-corrected chi connectivity index (χ0v) is 13.3. The summed E-state index contributed by atoms with van der Waals surface area (Å²) in [5, 5.41) is 3.72. The van der Waals surface area contributed by atoms with Gasteiger partial charge in [0, 0.05) is 24.9 Å². The smallest absolute Gasteiger partial charge is 0.305 e. The summed E-state index contributed by atoms with van der Waals surface area (Å²) < 4.78 is 16.0. The molecule has 5 heteroatoms. The van der Waals surface area contributed by atoms with E-state index in [0.717, 1.165) is 32.5 Å². The van der Waals surface area contributed by atoms with Crippen LogP contribution in [0.3, 0.4) is 0 Å². The highest BCUT2D eigenvalue weighted by Gasteiger charge is 2.29. The van der Waals surface area contributed by atoms with Gasteiger partial charge in [-0.2, -0.15) is 0 Å². The van der Waals surface area contributed by atoms with E-state index in [2.05, 4.69) is 12.2 Å². The van der Waals surface area contributed by atoms with Gasteiger partial charge in [0.25, 0.3) is 0 Å². The van der Waals surface area contributed by atoms with Crippen molar-refractivity contribution in [3.8, 4) is 0 Å². The lowest BCUT2D eigenvalue weighted by atomic mass is 9.85. The van der Waals surface area contributed by atoms with Gasteiger partial charge in [-0.05, 0) is 38.5 Å². The highest BCUT2D eigenvalue weighted by Crippen LogP contribution is 2.26. The first-order valence-electron chi connectivity index (χ1n) is 8.34. The third-order valence-electron chi connectivity index (χ3n) is 4.48. The Balaban J connectivity index is 1.68. The first-order chi connectivity index (χ1) is 10.2. The fraction of sp³-hybridized carbons (Fsp3) is 0.938. The van der Waals surface area contributed by atoms with Crippen molar-refractivity contribution in [2.24, 2.45) is 5.92 Å². The number of hydrogen-bond donors (Lipinski definition) is 1. The zero-order chi connectivity index (χ0) is 15.1. The van der Waals surface area contributed by atoms with E-state index >= 15 is 0 Å². The van der Waals surface area contributed by atoms with E-state index in [1.54, 1.807) is 0 Å². The first kappa shape index (κ1) is 16.7. The lowest BCUT2D eigenvalue weighted by Gasteiger charge is -2.36. The maximum Gasteiger partial charge on any atom is 0.305 e. The summed E-state index contributed by atoms with van der Waals surface area (Å²) in [5.74, 6) is 0.583. The Labute approximate surface area is 127 Å². The number of hydrogen-bond acceptors (Lipinski definition) is 5. The number of piperidine rings is 1. The molecule has 0 spiro atoms. The van der Waals surface area contributed by atoms with E-state index in [1.165, 1.54) is 12.8 Å². The van der Waals surface area contributed by atoms with Gasteiger partial charge in [-0.25, -0.2) is 0 Å². The van der Waals surface area contributed by atoms with Crippen molar-refractivity contribution in [2.45, 2.75) is 70.7 Å². The van der Waals surface area contributed by atoms with Gasteiger partial charge in [0.15, 0.2) is 6.29 Å². The summed E-state index contributed by atoms with van der Waals surface area (Å²) in [6, 6.07) is 0.955. The molecule has 21 heavy (non-hydrogen) atoms. The normalized spacial score (nSPS) is 30.5. The van der Waals surface area contributed by atoms with Gasteiger partial charge in [-0.1, -0.05) is 6.92 Å². The number of carbonyl (C=O) groups is 1. The second-order valence-electron chi connectivity index (χ2n) is 6.13. The molecule has 0 aromatic heterocycles. The molecule has 122 valence electrons. The Morgan fingerprint density at radius 1 is 1.29 bits per heavy atom. The van der Waals surface area contributed by atoms with Crippen LogP contribution in [-0.4, -0.2) is 44.2 Å². The van der Waals surface area contributed by atoms with Gasteiger partial charge >= 0.3 is 5.97 Å². The molecule has 0 bridgehead atoms. The van der Waals surface area contributed by atoms with Crippen molar-refractivity contribution in [1.82, 2.24) is 5.32 Å². The summed E-state index contributed by atoms with van der Waals surface area (Å²) in [7, 11) is 0. The summed E-state index contributed by atoms with van der Waals surface area (Å²) in [4.78, 5) is 11.4. The number of nitrogens with one attached hydrogen (secondary N) is 1. The van der Waals surface area contributed by atoms with Crippen molar-refractivity contribution in [3.05, 3.63) is 0 Å². The van der Waals surface area contributed by atoms with E-state index in [1.807, 2.05) is 6.92 Å². The lowest BCUT2D eigenvalue weighted by Crippen LogP contribution is -2.48. The van der Waals surface area contributed by atoms with E-state index in [0.29, 0.717) is 31.0 Å². The number of carbonyl (C=O) groups excluding carboxylic acids is 1. The molecule has 2 saturated heterocycles. The Bertz CT molecular complexity index is 317. The monoisotopic (exact) mass is 299 g/mol. The van der Waals surface area contributed by atoms with Crippen LogP contribution >= 0.6 is 0 Å². The van der Waals surface area contributed by atoms with Crippen LogP contribution in [-0.2, 0) is 19.0 Å². The average Bonchev–Trinajstić information content (AvgIpc) is 2.95. The molecule has 0 aromatic rings. The third-order valence-corrected chi connectivity index (χ3v) is 4.48. The van der Waals surface area contributed by atoms with Crippen molar-refractivity contribution in [1.29, 1.82) is 0 Å². The van der Waals surface area contributed by atoms with E-state index in [4.69, 9.17) is 14.2 Å². The highest BCUT2D eigenvalue weighted by molar-refractivity contribution is 5.69. The number of esters is 1. The molecule has 3 atom stereocenters. The molecular formula is C16H29NO4. The van der Waals surface area contributed by atoms with Crippen molar-refractivity contribution < 1.29 is 19.0 Å². The number of rotatable bonds is 7. The Kier molecular flexibility index (Phi) is 6.93. The Morgan fingerprint density at radius 2 is 2.05 bits per heavy atom. The zero-order valence-electron chi connectivity index (χ0n) is 13.3. The van der Waals surface area contributed by atoms with Gasteiger partial charge in [0.1, 0.15) is 0 Å². The molecule has 0 amide bonds. The van der Waals surface area contributed by atoms with Crippen molar-refractivity contribution >= 4 is 5.97 Å². The molecule has 5 nitrogen and oxygen atoms in total. The molecule has 2 aliphatic rings. The van der Waals surface area contributed by atoms with Crippen LogP contribution in [0.25, 0.3) is 0 Å². The minimum Gasteiger partial charge on any atom is -0.466 e. The van der Waals surface area contributed by atoms with Crippen LogP contribution in [0.15, 0.2) is 0 Å². The van der Waals surface area contributed by atoms with Crippen LogP contribution in [0, 0.1) is 5.92 Å². The predicted octanol–water partition coefficient (Wildman–Crippen LogP) is 2.24. The Hall–Kier alpha value is -0.650. The fourth-order valence-corrected chi connectivity index (χ4v) is 3.24. The third kappa shape index (κ3) is 5.57. The van der Waals surface area contributed by atoms with Gasteiger partial charge in [-0.3, -0.25) is 4.79 Å². The SMILES string of the molecule is CCOC(=O)CCC[C@@H]1N[C@H](CC2OCCO2)CCC1C. The van der Waals surface area contributed by atoms with Crippen LogP contribution in [0.4, 0.5) is 0 Å². The van der Waals surface area contributed by atoms with Gasteiger partial charge in [-0.15, -0.1) is 0 Å². The van der Waals surface area contributed by atoms with Gasteiger partial charge in [0.2, 0.25) is 0 Å².